The molecule has 1 atom stereocenters. The zero-order chi connectivity index (χ0) is 21.0. The van der Waals surface area contributed by atoms with E-state index in [4.69, 9.17) is 11.6 Å². The molecule has 0 aliphatic carbocycles. The highest BCUT2D eigenvalue weighted by molar-refractivity contribution is 7.99. The van der Waals surface area contributed by atoms with Crippen molar-refractivity contribution in [3.63, 3.8) is 0 Å². The minimum Gasteiger partial charge on any atom is -0.301 e. The van der Waals surface area contributed by atoms with Crippen molar-refractivity contribution in [1.29, 1.82) is 0 Å². The predicted octanol–water partition coefficient (Wildman–Crippen LogP) is 6.34. The van der Waals surface area contributed by atoms with Gasteiger partial charge in [0.2, 0.25) is 0 Å². The van der Waals surface area contributed by atoms with Gasteiger partial charge in [-0.25, -0.2) is 0 Å². The molecule has 0 saturated carbocycles. The van der Waals surface area contributed by atoms with E-state index < -0.39 is 0 Å². The van der Waals surface area contributed by atoms with Crippen LogP contribution in [-0.2, 0) is 12.8 Å². The van der Waals surface area contributed by atoms with E-state index >= 15 is 0 Å². The fraction of sp³-hybridized carbons (Fsp3) is 0.333. The maximum absolute atomic E-state index is 6.44. The third kappa shape index (κ3) is 5.01. The lowest BCUT2D eigenvalue weighted by Crippen LogP contribution is -2.48. The third-order valence-electron chi connectivity index (χ3n) is 6.57. The molecule has 0 spiro atoms. The average molecular weight is 449 g/mol. The van der Waals surface area contributed by atoms with Crippen LogP contribution in [0.4, 0.5) is 0 Å². The Balaban J connectivity index is 1.25. The van der Waals surface area contributed by atoms with Gasteiger partial charge in [0.15, 0.2) is 0 Å². The zero-order valence-corrected chi connectivity index (χ0v) is 19.4. The fourth-order valence-electron chi connectivity index (χ4n) is 4.86. The molecule has 4 heteroatoms. The molecular formula is C27H29ClN2S. The smallest absolute Gasteiger partial charge is 0.0410 e. The van der Waals surface area contributed by atoms with Gasteiger partial charge in [-0.15, -0.1) is 0 Å². The molecule has 0 N–H and O–H groups in total. The summed E-state index contributed by atoms with van der Waals surface area (Å²) in [4.78, 5) is 8.06. The first-order chi connectivity index (χ1) is 15.3. The maximum Gasteiger partial charge on any atom is 0.0410 e. The Morgan fingerprint density at radius 1 is 0.839 bits per heavy atom. The van der Waals surface area contributed by atoms with E-state index in [1.165, 1.54) is 45.9 Å². The maximum atomic E-state index is 6.44. The molecule has 3 aromatic rings. The zero-order valence-electron chi connectivity index (χ0n) is 17.8. The molecular weight excluding hydrogens is 420 g/mol. The van der Waals surface area contributed by atoms with Gasteiger partial charge in [-0.1, -0.05) is 71.9 Å². The van der Waals surface area contributed by atoms with Crippen LogP contribution in [0.2, 0.25) is 5.02 Å². The predicted molar refractivity (Wildman–Crippen MR) is 131 cm³/mol. The molecule has 0 aromatic heterocycles. The molecule has 2 nitrogen and oxygen atoms in total. The standard InChI is InChI=1S/C27H29ClN2S/c28-23-12-13-27-24(20-23)25(19-22-10-4-5-11-26(22)31-27)30-17-15-29(16-18-30)14-6-9-21-7-2-1-3-8-21/h1-5,7-8,10-13,20,25H,6,9,14-19H2. The number of benzene rings is 3. The lowest BCUT2D eigenvalue weighted by Gasteiger charge is -2.39. The van der Waals surface area contributed by atoms with E-state index in [1.54, 1.807) is 0 Å². The van der Waals surface area contributed by atoms with Crippen LogP contribution in [0.3, 0.4) is 0 Å². The molecule has 2 aliphatic heterocycles. The molecule has 1 unspecified atom stereocenters. The highest BCUT2D eigenvalue weighted by atomic mass is 35.5. The van der Waals surface area contributed by atoms with Crippen molar-refractivity contribution in [3.8, 4) is 0 Å². The first kappa shape index (κ1) is 21.1. The van der Waals surface area contributed by atoms with Crippen LogP contribution in [-0.4, -0.2) is 42.5 Å². The summed E-state index contributed by atoms with van der Waals surface area (Å²) < 4.78 is 0. The Morgan fingerprint density at radius 2 is 1.61 bits per heavy atom. The van der Waals surface area contributed by atoms with Crippen molar-refractivity contribution < 1.29 is 0 Å². The molecule has 31 heavy (non-hydrogen) atoms. The molecule has 2 heterocycles. The van der Waals surface area contributed by atoms with Crippen LogP contribution < -0.4 is 0 Å². The quantitative estimate of drug-likeness (QED) is 0.449. The van der Waals surface area contributed by atoms with Gasteiger partial charge in [0.25, 0.3) is 0 Å². The number of fused-ring (bicyclic) bond motifs is 2. The normalized spacial score (nSPS) is 19.5. The molecule has 160 valence electrons. The van der Waals surface area contributed by atoms with E-state index in [-0.39, 0.29) is 0 Å². The van der Waals surface area contributed by atoms with E-state index in [9.17, 15) is 0 Å². The Kier molecular flexibility index (Phi) is 6.66. The molecule has 1 fully saturated rings. The molecule has 2 aliphatic rings. The van der Waals surface area contributed by atoms with Gasteiger partial charge in [0.1, 0.15) is 0 Å². The third-order valence-corrected chi connectivity index (χ3v) is 8.01. The molecule has 1 saturated heterocycles. The number of piperazine rings is 1. The minimum absolute atomic E-state index is 0.399. The van der Waals surface area contributed by atoms with Crippen LogP contribution in [0.1, 0.15) is 29.2 Å². The number of nitrogens with zero attached hydrogens (tertiary/aromatic N) is 2. The Morgan fingerprint density at radius 3 is 2.45 bits per heavy atom. The average Bonchev–Trinajstić information content (AvgIpc) is 2.97. The highest BCUT2D eigenvalue weighted by Crippen LogP contribution is 2.43. The summed E-state index contributed by atoms with van der Waals surface area (Å²) >= 11 is 8.33. The molecule has 3 aromatic carbocycles. The largest absolute Gasteiger partial charge is 0.301 e. The fourth-order valence-corrected chi connectivity index (χ4v) is 6.15. The van der Waals surface area contributed by atoms with E-state index in [1.807, 2.05) is 17.8 Å². The van der Waals surface area contributed by atoms with Crippen LogP contribution >= 0.6 is 23.4 Å². The van der Waals surface area contributed by atoms with Crippen molar-refractivity contribution in [1.82, 2.24) is 9.80 Å². The molecule has 0 radical (unpaired) electrons. The van der Waals surface area contributed by atoms with E-state index in [2.05, 4.69) is 76.5 Å². The Hall–Kier alpha value is -1.78. The first-order valence-corrected chi connectivity index (χ1v) is 12.5. The number of hydrogen-bond donors (Lipinski definition) is 0. The minimum atomic E-state index is 0.399. The number of hydrogen-bond acceptors (Lipinski definition) is 3. The monoisotopic (exact) mass is 448 g/mol. The molecule has 5 rings (SSSR count). The second-order valence-corrected chi connectivity index (χ2v) is 10.1. The second kappa shape index (κ2) is 9.79. The summed E-state index contributed by atoms with van der Waals surface area (Å²) in [6, 6.07) is 26.6. The summed E-state index contributed by atoms with van der Waals surface area (Å²) in [7, 11) is 0. The SMILES string of the molecule is Clc1ccc2c(c1)C(N1CCN(CCCc3ccccc3)CC1)Cc1ccccc1S2. The lowest BCUT2D eigenvalue weighted by atomic mass is 9.96. The van der Waals surface area contributed by atoms with Gasteiger partial charge in [0, 0.05) is 47.0 Å². The first-order valence-electron chi connectivity index (χ1n) is 11.3. The summed E-state index contributed by atoms with van der Waals surface area (Å²) in [6.07, 6.45) is 3.46. The van der Waals surface area contributed by atoms with Crippen LogP contribution in [0, 0.1) is 0 Å². The van der Waals surface area contributed by atoms with Crippen molar-refractivity contribution in [3.05, 3.63) is 94.5 Å². The van der Waals surface area contributed by atoms with Crippen LogP contribution in [0.25, 0.3) is 0 Å². The van der Waals surface area contributed by atoms with Gasteiger partial charge < -0.3 is 4.90 Å². The van der Waals surface area contributed by atoms with Gasteiger partial charge in [-0.3, -0.25) is 4.90 Å². The summed E-state index contributed by atoms with van der Waals surface area (Å²) in [5, 5.41) is 0.842. The number of aryl methyl sites for hydroxylation is 1. The topological polar surface area (TPSA) is 6.48 Å². The van der Waals surface area contributed by atoms with Crippen molar-refractivity contribution in [2.75, 3.05) is 32.7 Å². The highest BCUT2D eigenvalue weighted by Gasteiger charge is 2.30. The Labute approximate surface area is 195 Å². The number of rotatable bonds is 5. The van der Waals surface area contributed by atoms with E-state index in [0.717, 1.165) is 37.6 Å². The Bertz CT molecular complexity index is 1010. The summed E-state index contributed by atoms with van der Waals surface area (Å²) in [5.74, 6) is 0. The van der Waals surface area contributed by atoms with Crippen molar-refractivity contribution in [2.24, 2.45) is 0 Å². The van der Waals surface area contributed by atoms with Crippen LogP contribution in [0.5, 0.6) is 0 Å². The van der Waals surface area contributed by atoms with Gasteiger partial charge in [-0.05, 0) is 66.8 Å². The van der Waals surface area contributed by atoms with Gasteiger partial charge >= 0.3 is 0 Å². The van der Waals surface area contributed by atoms with Crippen LogP contribution in [0.15, 0.2) is 82.6 Å². The summed E-state index contributed by atoms with van der Waals surface area (Å²) in [6.45, 7) is 5.73. The summed E-state index contributed by atoms with van der Waals surface area (Å²) in [5.41, 5.74) is 4.30. The molecule has 0 bridgehead atoms. The van der Waals surface area contributed by atoms with E-state index in [0.29, 0.717) is 6.04 Å². The molecule has 0 amide bonds. The van der Waals surface area contributed by atoms with Crippen molar-refractivity contribution >= 4 is 23.4 Å². The number of halogens is 1. The van der Waals surface area contributed by atoms with Crippen molar-refractivity contribution in [2.45, 2.75) is 35.1 Å². The van der Waals surface area contributed by atoms with Gasteiger partial charge in [-0.2, -0.15) is 0 Å². The lowest BCUT2D eigenvalue weighted by molar-refractivity contribution is 0.0937. The van der Waals surface area contributed by atoms with Gasteiger partial charge in [0.05, 0.1) is 0 Å². The second-order valence-electron chi connectivity index (χ2n) is 8.58.